The van der Waals surface area contributed by atoms with Gasteiger partial charge in [0.15, 0.2) is 0 Å². The van der Waals surface area contributed by atoms with Crippen molar-refractivity contribution in [2.75, 3.05) is 31.3 Å². The monoisotopic (exact) mass is 427 g/mol. The van der Waals surface area contributed by atoms with E-state index in [9.17, 15) is 35.7 Å². The van der Waals surface area contributed by atoms with Crippen LogP contribution < -0.4 is 4.90 Å². The molecule has 0 aromatic heterocycles. The molecule has 1 saturated heterocycles. The van der Waals surface area contributed by atoms with E-state index in [4.69, 9.17) is 0 Å². The molecule has 0 atom stereocenters. The number of nitrogens with zero attached hydrogens (tertiary/aromatic N) is 3. The number of sulfonamides is 1. The van der Waals surface area contributed by atoms with Gasteiger partial charge in [-0.05, 0) is 25.0 Å². The van der Waals surface area contributed by atoms with Crippen LogP contribution in [0.4, 0.5) is 20.2 Å². The molecule has 0 saturated carbocycles. The van der Waals surface area contributed by atoms with Crippen molar-refractivity contribution in [2.24, 2.45) is 0 Å². The third kappa shape index (κ3) is 4.52. The van der Waals surface area contributed by atoms with Gasteiger partial charge in [0, 0.05) is 32.2 Å². The SMILES string of the molecule is CN(c1ccc(S(=O)(=O)C(F)F)cc1[N+](=O)[O-])C1CCN(S(C)(=O)=O)CC1. The Morgan fingerprint density at radius 1 is 1.22 bits per heavy atom. The number of piperidine rings is 1. The van der Waals surface area contributed by atoms with E-state index in [-0.39, 0.29) is 24.8 Å². The lowest BCUT2D eigenvalue weighted by Crippen LogP contribution is -2.45. The molecular formula is C14H19F2N3O6S2. The maximum Gasteiger partial charge on any atom is 0.341 e. The molecule has 0 unspecified atom stereocenters. The highest BCUT2D eigenvalue weighted by Crippen LogP contribution is 2.34. The molecule has 9 nitrogen and oxygen atoms in total. The first-order chi connectivity index (χ1) is 12.4. The number of nitro benzene ring substituents is 1. The lowest BCUT2D eigenvalue weighted by atomic mass is 10.0. The van der Waals surface area contributed by atoms with Gasteiger partial charge in [0.1, 0.15) is 5.69 Å². The zero-order valence-electron chi connectivity index (χ0n) is 14.6. The molecule has 0 bridgehead atoms. The number of hydrogen-bond acceptors (Lipinski definition) is 7. The highest BCUT2D eigenvalue weighted by Gasteiger charge is 2.32. The Morgan fingerprint density at radius 2 is 1.78 bits per heavy atom. The number of nitro groups is 1. The van der Waals surface area contributed by atoms with E-state index in [1.54, 1.807) is 11.9 Å². The third-order valence-electron chi connectivity index (χ3n) is 4.53. The molecule has 1 fully saturated rings. The molecule has 0 amide bonds. The summed E-state index contributed by atoms with van der Waals surface area (Å²) in [6, 6.07) is 2.43. The van der Waals surface area contributed by atoms with E-state index < -0.39 is 41.1 Å². The number of alkyl halides is 2. The summed E-state index contributed by atoms with van der Waals surface area (Å²) in [4.78, 5) is 11.2. The molecule has 13 heteroatoms. The Balaban J connectivity index is 2.32. The van der Waals surface area contributed by atoms with Crippen LogP contribution in [0.1, 0.15) is 12.8 Å². The van der Waals surface area contributed by atoms with Crippen LogP contribution in [0.25, 0.3) is 0 Å². The van der Waals surface area contributed by atoms with Crippen LogP contribution in [-0.2, 0) is 19.9 Å². The van der Waals surface area contributed by atoms with Crippen LogP contribution in [0.5, 0.6) is 0 Å². The lowest BCUT2D eigenvalue weighted by molar-refractivity contribution is -0.384. The average molecular weight is 427 g/mol. The number of anilines is 1. The maximum atomic E-state index is 12.7. The summed E-state index contributed by atoms with van der Waals surface area (Å²) < 4.78 is 73.0. The Bertz CT molecular complexity index is 928. The fourth-order valence-electron chi connectivity index (χ4n) is 2.99. The molecule has 0 spiro atoms. The van der Waals surface area contributed by atoms with Gasteiger partial charge in [0.25, 0.3) is 5.69 Å². The van der Waals surface area contributed by atoms with Gasteiger partial charge in [0.2, 0.25) is 19.9 Å². The van der Waals surface area contributed by atoms with Crippen molar-refractivity contribution in [1.29, 1.82) is 0 Å². The molecule has 152 valence electrons. The zero-order valence-corrected chi connectivity index (χ0v) is 16.2. The van der Waals surface area contributed by atoms with Gasteiger partial charge in [-0.25, -0.2) is 21.1 Å². The molecule has 2 rings (SSSR count). The molecule has 1 aliphatic heterocycles. The van der Waals surface area contributed by atoms with Crippen molar-refractivity contribution in [2.45, 2.75) is 29.5 Å². The third-order valence-corrected chi connectivity index (χ3v) is 7.21. The number of halogens is 2. The predicted molar refractivity (Wildman–Crippen MR) is 94.1 cm³/mol. The van der Waals surface area contributed by atoms with Gasteiger partial charge in [-0.3, -0.25) is 10.1 Å². The Hall–Kier alpha value is -1.86. The number of benzene rings is 1. The quantitative estimate of drug-likeness (QED) is 0.498. The predicted octanol–water partition coefficient (Wildman–Crippen LogP) is 1.45. The van der Waals surface area contributed by atoms with Gasteiger partial charge in [-0.15, -0.1) is 0 Å². The Morgan fingerprint density at radius 3 is 2.22 bits per heavy atom. The average Bonchev–Trinajstić information content (AvgIpc) is 2.59. The van der Waals surface area contributed by atoms with E-state index in [1.807, 2.05) is 0 Å². The van der Waals surface area contributed by atoms with Crippen molar-refractivity contribution in [1.82, 2.24) is 4.31 Å². The summed E-state index contributed by atoms with van der Waals surface area (Å²) in [6.07, 6.45) is 1.93. The van der Waals surface area contributed by atoms with E-state index in [0.29, 0.717) is 18.9 Å². The summed E-state index contributed by atoms with van der Waals surface area (Å²) in [7, 11) is -6.72. The van der Waals surface area contributed by atoms with Crippen LogP contribution in [-0.4, -0.2) is 64.3 Å². The molecule has 1 aliphatic rings. The summed E-state index contributed by atoms with van der Waals surface area (Å²) in [5.41, 5.74) is -0.532. The smallest absolute Gasteiger partial charge is 0.341 e. The molecule has 0 aliphatic carbocycles. The fourth-order valence-corrected chi connectivity index (χ4v) is 4.60. The van der Waals surface area contributed by atoms with E-state index in [2.05, 4.69) is 0 Å². The Labute approximate surface area is 155 Å². The topological polar surface area (TPSA) is 118 Å². The lowest BCUT2D eigenvalue weighted by Gasteiger charge is -2.36. The molecule has 27 heavy (non-hydrogen) atoms. The van der Waals surface area contributed by atoms with E-state index in [1.165, 1.54) is 4.31 Å². The number of sulfone groups is 1. The van der Waals surface area contributed by atoms with Crippen LogP contribution in [0.2, 0.25) is 0 Å². The van der Waals surface area contributed by atoms with E-state index >= 15 is 0 Å². The standard InChI is InChI=1S/C14H19F2N3O6S2/c1-17(10-5-7-18(8-6-10)26(2,22)23)12-4-3-11(9-13(12)19(20)21)27(24,25)14(15)16/h3-4,9-10,14H,5-8H2,1-2H3. The zero-order chi connectivity index (χ0) is 20.6. The highest BCUT2D eigenvalue weighted by atomic mass is 32.2. The van der Waals surface area contributed by atoms with E-state index in [0.717, 1.165) is 18.4 Å². The van der Waals surface area contributed by atoms with Crippen LogP contribution in [0.3, 0.4) is 0 Å². The van der Waals surface area contributed by atoms with Gasteiger partial charge in [-0.2, -0.15) is 8.78 Å². The minimum atomic E-state index is -4.95. The van der Waals surface area contributed by atoms with Crippen molar-refractivity contribution >= 4 is 31.2 Å². The first-order valence-electron chi connectivity index (χ1n) is 7.84. The second-order valence-corrected chi connectivity index (χ2v) is 10.1. The normalized spacial score (nSPS) is 17.2. The molecule has 1 aromatic rings. The van der Waals surface area contributed by atoms with Gasteiger partial charge in [0.05, 0.1) is 16.1 Å². The summed E-state index contributed by atoms with van der Waals surface area (Å²) in [5, 5.41) is 11.4. The van der Waals surface area contributed by atoms with Crippen LogP contribution >= 0.6 is 0 Å². The van der Waals surface area contributed by atoms with Gasteiger partial charge >= 0.3 is 5.76 Å². The van der Waals surface area contributed by atoms with Gasteiger partial charge in [-0.1, -0.05) is 0 Å². The minimum Gasteiger partial charge on any atom is -0.366 e. The molecule has 1 aromatic carbocycles. The van der Waals surface area contributed by atoms with Gasteiger partial charge < -0.3 is 4.90 Å². The first kappa shape index (κ1) is 21.4. The second-order valence-electron chi connectivity index (χ2n) is 6.22. The minimum absolute atomic E-state index is 0.0750. The summed E-state index contributed by atoms with van der Waals surface area (Å²) >= 11 is 0. The fraction of sp³-hybridized carbons (Fsp3) is 0.571. The molecule has 0 N–H and O–H groups in total. The number of hydrogen-bond donors (Lipinski definition) is 0. The summed E-state index contributed by atoms with van der Waals surface area (Å²) in [6.45, 7) is 0.499. The van der Waals surface area contributed by atoms with Crippen molar-refractivity contribution in [3.63, 3.8) is 0 Å². The molecule has 0 radical (unpaired) electrons. The summed E-state index contributed by atoms with van der Waals surface area (Å²) in [5.74, 6) is -3.68. The second kappa shape index (κ2) is 7.64. The van der Waals surface area contributed by atoms with Crippen LogP contribution in [0, 0.1) is 10.1 Å². The van der Waals surface area contributed by atoms with Crippen molar-refractivity contribution in [3.05, 3.63) is 28.3 Å². The largest absolute Gasteiger partial charge is 0.366 e. The Kier molecular flexibility index (Phi) is 6.06. The van der Waals surface area contributed by atoms with Crippen molar-refractivity contribution in [3.8, 4) is 0 Å². The maximum absolute atomic E-state index is 12.7. The first-order valence-corrected chi connectivity index (χ1v) is 11.2. The highest BCUT2D eigenvalue weighted by molar-refractivity contribution is 7.91. The molecular weight excluding hydrogens is 408 g/mol. The number of rotatable bonds is 6. The van der Waals surface area contributed by atoms with Crippen molar-refractivity contribution < 1.29 is 30.5 Å². The molecule has 1 heterocycles. The van der Waals surface area contributed by atoms with Crippen LogP contribution in [0.15, 0.2) is 23.1 Å².